The van der Waals surface area contributed by atoms with E-state index in [1.807, 2.05) is 6.07 Å². The maximum atomic E-state index is 5.38. The normalized spacial score (nSPS) is 7.40. The first-order chi connectivity index (χ1) is 3.79. The van der Waals surface area contributed by atoms with Gasteiger partial charge in [0.25, 0.3) is 0 Å². The van der Waals surface area contributed by atoms with Crippen LogP contribution in [0.15, 0.2) is 24.3 Å². The third kappa shape index (κ3) is 3.12. The summed E-state index contributed by atoms with van der Waals surface area (Å²) in [6.45, 7) is 0. The Morgan fingerprint density at radius 2 is 1.80 bits per heavy atom. The van der Waals surface area contributed by atoms with Crippen molar-refractivity contribution in [2.45, 2.75) is 0 Å². The number of hydrogen-bond donors (Lipinski definition) is 1. The quantitative estimate of drug-likeness (QED) is 0.393. The van der Waals surface area contributed by atoms with Crippen molar-refractivity contribution in [2.75, 3.05) is 5.73 Å². The average molecular weight is 137 g/mol. The molecule has 0 aliphatic carbocycles. The molecule has 0 atom stereocenters. The fourth-order valence-corrected chi connectivity index (χ4v) is 0.559. The molecule has 0 heterocycles. The molecule has 0 saturated carbocycles. The van der Waals surface area contributed by atoms with Gasteiger partial charge in [0.15, 0.2) is 0 Å². The van der Waals surface area contributed by atoms with E-state index in [9.17, 15) is 0 Å². The van der Waals surface area contributed by atoms with Crippen LogP contribution in [0.2, 0.25) is 0 Å². The monoisotopic (exact) mass is 137 g/mol. The van der Waals surface area contributed by atoms with Crippen LogP contribution in [0.3, 0.4) is 0 Å². The molecule has 0 unspecified atom stereocenters. The molecule has 3 nitrogen and oxygen atoms in total. The van der Waals surface area contributed by atoms with Gasteiger partial charge in [-0.25, -0.2) is 0 Å². The Morgan fingerprint density at radius 1 is 1.20 bits per heavy atom. The molecule has 0 spiro atoms. The first-order valence-electron chi connectivity index (χ1n) is 2.40. The summed E-state index contributed by atoms with van der Waals surface area (Å²) in [6.07, 6.45) is 0. The Hall–Kier alpha value is -0.995. The SMILES string of the molecule is [B+2]c1cccc(N)c1.[OH-].[OH-]. The van der Waals surface area contributed by atoms with Crippen LogP contribution in [0, 0.1) is 0 Å². The molecule has 4 heteroatoms. The fraction of sp³-hybridized carbons (Fsp3) is 0. The Bertz CT molecular complexity index is 176. The van der Waals surface area contributed by atoms with Gasteiger partial charge in [0, 0.05) is 0 Å². The van der Waals surface area contributed by atoms with Crippen LogP contribution in [-0.4, -0.2) is 18.8 Å². The molecule has 10 heavy (non-hydrogen) atoms. The molecule has 1 aromatic carbocycles. The predicted octanol–water partition coefficient (Wildman–Crippen LogP) is -0.291. The molecule has 0 bridgehead atoms. The summed E-state index contributed by atoms with van der Waals surface area (Å²) in [4.78, 5) is 0. The molecular formula is C6H8BNO2. The van der Waals surface area contributed by atoms with E-state index in [1.54, 1.807) is 18.2 Å². The molecule has 0 aromatic heterocycles. The Kier molecular flexibility index (Phi) is 5.70. The summed E-state index contributed by atoms with van der Waals surface area (Å²) < 4.78 is 0. The van der Waals surface area contributed by atoms with Gasteiger partial charge >= 0.3 is 49.0 Å². The first kappa shape index (κ1) is 11.8. The van der Waals surface area contributed by atoms with Crippen LogP contribution in [0.25, 0.3) is 0 Å². The van der Waals surface area contributed by atoms with Crippen molar-refractivity contribution in [1.29, 1.82) is 0 Å². The van der Waals surface area contributed by atoms with Crippen LogP contribution in [-0.2, 0) is 0 Å². The molecule has 4 N–H and O–H groups in total. The predicted molar refractivity (Wildman–Crippen MR) is 40.1 cm³/mol. The van der Waals surface area contributed by atoms with Gasteiger partial charge in [0.05, 0.1) is 0 Å². The fourth-order valence-electron chi connectivity index (χ4n) is 0.559. The second kappa shape index (κ2) is 4.84. The third-order valence-corrected chi connectivity index (χ3v) is 0.911. The molecule has 0 saturated heterocycles. The van der Waals surface area contributed by atoms with Crippen LogP contribution < -0.4 is 11.2 Å². The number of benzene rings is 1. The average Bonchev–Trinajstić information content (AvgIpc) is 1.64. The number of anilines is 1. The van der Waals surface area contributed by atoms with Crippen LogP contribution in [0.4, 0.5) is 5.69 Å². The minimum atomic E-state index is 0. The van der Waals surface area contributed by atoms with E-state index in [0.29, 0.717) is 11.2 Å². The van der Waals surface area contributed by atoms with Gasteiger partial charge in [-0.2, -0.15) is 0 Å². The molecule has 0 aliphatic rings. The summed E-state index contributed by atoms with van der Waals surface area (Å²) in [7, 11) is 5.38. The van der Waals surface area contributed by atoms with Gasteiger partial charge in [0.1, 0.15) is 0 Å². The van der Waals surface area contributed by atoms with Crippen molar-refractivity contribution in [3.8, 4) is 0 Å². The molecule has 0 radical (unpaired) electrons. The molecule has 0 aliphatic heterocycles. The summed E-state index contributed by atoms with van der Waals surface area (Å²) in [5.41, 5.74) is 6.80. The van der Waals surface area contributed by atoms with Crippen molar-refractivity contribution in [1.82, 2.24) is 0 Å². The van der Waals surface area contributed by atoms with Gasteiger partial charge in [-0.1, -0.05) is 0 Å². The summed E-state index contributed by atoms with van der Waals surface area (Å²) in [6, 6.07) is 7.15. The largest absolute Gasteiger partial charge is 0.870 e. The Balaban J connectivity index is 0. The standard InChI is InChI=1S/C6H6BN.2H2O/c7-5-2-1-3-6(8)4-5;;/h1-4H,8H2;2*1H2/q+2;;/p-2. The third-order valence-electron chi connectivity index (χ3n) is 0.911. The number of nitrogens with two attached hydrogens (primary N) is 1. The van der Waals surface area contributed by atoms with Crippen LogP contribution in [0.5, 0.6) is 0 Å². The smallest absolute Gasteiger partial charge is 0.870 e. The molecular weight excluding hydrogens is 129 g/mol. The van der Waals surface area contributed by atoms with Crippen LogP contribution >= 0.6 is 0 Å². The summed E-state index contributed by atoms with van der Waals surface area (Å²) in [5, 5.41) is 0. The minimum absolute atomic E-state index is 0. The van der Waals surface area contributed by atoms with Crippen molar-refractivity contribution < 1.29 is 11.0 Å². The molecule has 0 fully saturated rings. The zero-order valence-corrected chi connectivity index (χ0v) is 5.36. The number of rotatable bonds is 0. The van der Waals surface area contributed by atoms with Gasteiger partial charge < -0.3 is 11.0 Å². The first-order valence-corrected chi connectivity index (χ1v) is 2.40. The van der Waals surface area contributed by atoms with Gasteiger partial charge in [-0.05, 0) is 0 Å². The zero-order valence-electron chi connectivity index (χ0n) is 5.36. The summed E-state index contributed by atoms with van der Waals surface area (Å²) >= 11 is 0. The van der Waals surface area contributed by atoms with E-state index in [0.717, 1.165) is 0 Å². The van der Waals surface area contributed by atoms with Gasteiger partial charge in [-0.3, -0.25) is 0 Å². The van der Waals surface area contributed by atoms with Crippen molar-refractivity contribution in [3.05, 3.63) is 24.3 Å². The van der Waals surface area contributed by atoms with Crippen LogP contribution in [0.1, 0.15) is 0 Å². The zero-order chi connectivity index (χ0) is 5.98. The van der Waals surface area contributed by atoms with E-state index < -0.39 is 0 Å². The molecule has 1 rings (SSSR count). The van der Waals surface area contributed by atoms with E-state index in [2.05, 4.69) is 0 Å². The second-order valence-electron chi connectivity index (χ2n) is 1.67. The second-order valence-corrected chi connectivity index (χ2v) is 1.67. The maximum Gasteiger partial charge on any atom is -0.870 e. The van der Waals surface area contributed by atoms with E-state index in [-0.39, 0.29) is 11.0 Å². The maximum absolute atomic E-state index is 5.38. The molecule has 1 aromatic rings. The number of hydrogen-bond acceptors (Lipinski definition) is 3. The van der Waals surface area contributed by atoms with Crippen molar-refractivity contribution in [3.63, 3.8) is 0 Å². The summed E-state index contributed by atoms with van der Waals surface area (Å²) in [5.74, 6) is 0. The van der Waals surface area contributed by atoms with E-state index >= 15 is 0 Å². The van der Waals surface area contributed by atoms with E-state index in [1.165, 1.54) is 0 Å². The van der Waals surface area contributed by atoms with Gasteiger partial charge in [0.2, 0.25) is 0 Å². The topological polar surface area (TPSA) is 86.0 Å². The molecule has 52 valence electrons. The minimum Gasteiger partial charge on any atom is -0.870 e. The Morgan fingerprint density at radius 3 is 2.10 bits per heavy atom. The Labute approximate surface area is 60.9 Å². The van der Waals surface area contributed by atoms with Gasteiger partial charge in [-0.15, -0.1) is 0 Å². The van der Waals surface area contributed by atoms with E-state index in [4.69, 9.17) is 13.6 Å². The molecule has 0 amide bonds. The number of nitrogen functional groups attached to an aromatic ring is 1. The van der Waals surface area contributed by atoms with Crippen molar-refractivity contribution >= 4 is 19.0 Å². The van der Waals surface area contributed by atoms with Crippen molar-refractivity contribution in [2.24, 2.45) is 0 Å².